The smallest absolute Gasteiger partial charge is 0.320 e. The van der Waals surface area contributed by atoms with Crippen LogP contribution in [0.4, 0.5) is 10.6 Å². The third-order valence-corrected chi connectivity index (χ3v) is 3.77. The van der Waals surface area contributed by atoms with Crippen LogP contribution >= 0.6 is 0 Å². The molecule has 0 atom stereocenters. The van der Waals surface area contributed by atoms with E-state index in [1.165, 1.54) is 22.5 Å². The van der Waals surface area contributed by atoms with Gasteiger partial charge in [0.15, 0.2) is 0 Å². The number of anilines is 1. The second kappa shape index (κ2) is 6.74. The topological polar surface area (TPSA) is 85.2 Å². The van der Waals surface area contributed by atoms with Crippen LogP contribution in [0.2, 0.25) is 0 Å². The van der Waals surface area contributed by atoms with E-state index in [1.807, 2.05) is 0 Å². The number of aromatic nitrogens is 2. The number of carbonyl (C=O) groups excluding carboxylic acids is 1. The minimum atomic E-state index is -0.434. The molecule has 0 unspecified atom stereocenters. The molecule has 0 radical (unpaired) electrons. The van der Waals surface area contributed by atoms with E-state index in [-0.39, 0.29) is 16.8 Å². The van der Waals surface area contributed by atoms with Gasteiger partial charge in [-0.05, 0) is 6.42 Å². The maximum Gasteiger partial charge on any atom is 0.320 e. The molecule has 2 amide bonds. The number of nitrogens with one attached hydrogen (secondary N) is 2. The predicted molar refractivity (Wildman–Crippen MR) is 83.8 cm³/mol. The number of rotatable bonds is 4. The van der Waals surface area contributed by atoms with Crippen LogP contribution in [0.5, 0.6) is 0 Å². The van der Waals surface area contributed by atoms with Gasteiger partial charge in [-0.2, -0.15) is 0 Å². The van der Waals surface area contributed by atoms with Gasteiger partial charge in [-0.1, -0.05) is 25.5 Å². The molecule has 7 nitrogen and oxygen atoms in total. The number of hydrogen-bond acceptors (Lipinski definition) is 4. The molecule has 1 aromatic rings. The van der Waals surface area contributed by atoms with Crippen molar-refractivity contribution in [1.29, 1.82) is 0 Å². The first kappa shape index (κ1) is 16.2. The third-order valence-electron chi connectivity index (χ3n) is 3.77. The Hall–Kier alpha value is -2.15. The molecule has 2 heterocycles. The molecule has 0 aromatic carbocycles. The van der Waals surface area contributed by atoms with E-state index in [9.17, 15) is 9.59 Å². The molecule has 0 aliphatic carbocycles. The Morgan fingerprint density at radius 2 is 2.27 bits per heavy atom. The molecule has 0 saturated carbocycles. The van der Waals surface area contributed by atoms with Gasteiger partial charge in [0.05, 0.1) is 13.2 Å². The number of urea groups is 1. The zero-order valence-corrected chi connectivity index (χ0v) is 13.2. The molecule has 0 bridgehead atoms. The summed E-state index contributed by atoms with van der Waals surface area (Å²) < 4.78 is 6.66. The van der Waals surface area contributed by atoms with Crippen molar-refractivity contribution in [3.8, 4) is 0 Å². The summed E-state index contributed by atoms with van der Waals surface area (Å²) in [4.78, 5) is 27.6. The van der Waals surface area contributed by atoms with Crippen molar-refractivity contribution in [3.05, 3.63) is 34.4 Å². The Kier molecular flexibility index (Phi) is 4.97. The quantitative estimate of drug-likeness (QED) is 0.821. The Morgan fingerprint density at radius 3 is 2.95 bits per heavy atom. The molecule has 2 N–H and O–H groups in total. The van der Waals surface area contributed by atoms with Crippen molar-refractivity contribution in [2.45, 2.75) is 20.3 Å². The number of nitrogens with zero attached hydrogens (tertiary/aromatic N) is 2. The highest BCUT2D eigenvalue weighted by molar-refractivity contribution is 5.87. The second-order valence-electron chi connectivity index (χ2n) is 5.94. The predicted octanol–water partition coefficient (Wildman–Crippen LogP) is 1.27. The molecule has 1 aromatic heterocycles. The van der Waals surface area contributed by atoms with Crippen LogP contribution in [-0.4, -0.2) is 35.3 Å². The fourth-order valence-corrected chi connectivity index (χ4v) is 2.29. The summed E-state index contributed by atoms with van der Waals surface area (Å²) in [5.41, 5.74) is 0.771. The zero-order chi connectivity index (χ0) is 16.2. The molecule has 0 saturated heterocycles. The molecule has 1 aliphatic rings. The molecule has 7 heteroatoms. The van der Waals surface area contributed by atoms with E-state index in [1.54, 1.807) is 7.05 Å². The molecule has 1 aliphatic heterocycles. The monoisotopic (exact) mass is 306 g/mol. The van der Waals surface area contributed by atoms with Crippen LogP contribution in [0, 0.1) is 5.41 Å². The van der Waals surface area contributed by atoms with E-state index < -0.39 is 6.03 Å². The minimum absolute atomic E-state index is 0.0191. The SMILES string of the molecule is Cn1ccnc(NC(=O)NCC(C)(C)C2=CCOCC2)c1=O. The first-order valence-electron chi connectivity index (χ1n) is 7.24. The fraction of sp³-hybridized carbons (Fsp3) is 0.533. The van der Waals surface area contributed by atoms with Crippen LogP contribution in [0.15, 0.2) is 28.8 Å². The van der Waals surface area contributed by atoms with E-state index >= 15 is 0 Å². The Bertz CT molecular complexity index is 634. The fourth-order valence-electron chi connectivity index (χ4n) is 2.29. The summed E-state index contributed by atoms with van der Waals surface area (Å²) in [6.45, 7) is 5.95. The van der Waals surface area contributed by atoms with Crippen LogP contribution < -0.4 is 16.2 Å². The van der Waals surface area contributed by atoms with Gasteiger partial charge in [-0.25, -0.2) is 9.78 Å². The third kappa shape index (κ3) is 3.94. The highest BCUT2D eigenvalue weighted by atomic mass is 16.5. The zero-order valence-electron chi connectivity index (χ0n) is 13.2. The van der Waals surface area contributed by atoms with Crippen molar-refractivity contribution in [3.63, 3.8) is 0 Å². The summed E-state index contributed by atoms with van der Waals surface area (Å²) in [5.74, 6) is 0.0191. The Labute approximate surface area is 129 Å². The molecule has 2 rings (SSSR count). The lowest BCUT2D eigenvalue weighted by atomic mass is 9.81. The van der Waals surface area contributed by atoms with Gasteiger partial charge in [0.1, 0.15) is 0 Å². The van der Waals surface area contributed by atoms with Gasteiger partial charge < -0.3 is 14.6 Å². The molecular weight excluding hydrogens is 284 g/mol. The number of aryl methyl sites for hydroxylation is 1. The normalized spacial score (nSPS) is 15.1. The standard InChI is InChI=1S/C15H22N4O3/c1-15(2,11-4-8-22-9-5-11)10-17-14(21)18-12-13(20)19(3)7-6-16-12/h4,6-7H,5,8-10H2,1-3H3,(H2,16,17,18,21). The lowest BCUT2D eigenvalue weighted by Gasteiger charge is -2.30. The second-order valence-corrected chi connectivity index (χ2v) is 5.94. The highest BCUT2D eigenvalue weighted by Crippen LogP contribution is 2.29. The average Bonchev–Trinajstić information content (AvgIpc) is 2.51. The largest absolute Gasteiger partial charge is 0.377 e. The lowest BCUT2D eigenvalue weighted by Crippen LogP contribution is -2.39. The summed E-state index contributed by atoms with van der Waals surface area (Å²) in [6.07, 6.45) is 5.94. The highest BCUT2D eigenvalue weighted by Gasteiger charge is 2.25. The first-order chi connectivity index (χ1) is 10.4. The van der Waals surface area contributed by atoms with Crippen molar-refractivity contribution >= 4 is 11.8 Å². The maximum atomic E-state index is 12.0. The Balaban J connectivity index is 1.93. The van der Waals surface area contributed by atoms with Gasteiger partial charge in [-0.3, -0.25) is 10.1 Å². The van der Waals surface area contributed by atoms with Gasteiger partial charge >= 0.3 is 6.03 Å². The van der Waals surface area contributed by atoms with Crippen LogP contribution in [0.1, 0.15) is 20.3 Å². The lowest BCUT2D eigenvalue weighted by molar-refractivity contribution is 0.145. The van der Waals surface area contributed by atoms with E-state index in [0.29, 0.717) is 19.8 Å². The van der Waals surface area contributed by atoms with Crippen molar-refractivity contribution in [2.24, 2.45) is 12.5 Å². The molecule has 0 spiro atoms. The number of amides is 2. The van der Waals surface area contributed by atoms with Crippen molar-refractivity contribution in [2.75, 3.05) is 25.1 Å². The Morgan fingerprint density at radius 1 is 1.50 bits per heavy atom. The molecular formula is C15H22N4O3. The van der Waals surface area contributed by atoms with Gasteiger partial charge in [0.2, 0.25) is 5.82 Å². The summed E-state index contributed by atoms with van der Waals surface area (Å²) in [5, 5.41) is 5.28. The molecule has 120 valence electrons. The van der Waals surface area contributed by atoms with Crippen LogP contribution in [0.3, 0.4) is 0 Å². The van der Waals surface area contributed by atoms with Crippen molar-refractivity contribution < 1.29 is 9.53 Å². The van der Waals surface area contributed by atoms with Crippen LogP contribution in [-0.2, 0) is 11.8 Å². The van der Waals surface area contributed by atoms with Gasteiger partial charge in [0, 0.05) is 31.4 Å². The number of carbonyl (C=O) groups is 1. The minimum Gasteiger partial charge on any atom is -0.377 e. The summed E-state index contributed by atoms with van der Waals surface area (Å²) in [6, 6.07) is -0.434. The van der Waals surface area contributed by atoms with Gasteiger partial charge in [-0.15, -0.1) is 0 Å². The number of ether oxygens (including phenoxy) is 1. The summed E-state index contributed by atoms with van der Waals surface area (Å²) in [7, 11) is 1.60. The summed E-state index contributed by atoms with van der Waals surface area (Å²) >= 11 is 0. The maximum absolute atomic E-state index is 12.0. The van der Waals surface area contributed by atoms with E-state index in [0.717, 1.165) is 6.42 Å². The molecule has 22 heavy (non-hydrogen) atoms. The van der Waals surface area contributed by atoms with E-state index in [4.69, 9.17) is 4.74 Å². The van der Waals surface area contributed by atoms with Crippen molar-refractivity contribution in [1.82, 2.24) is 14.9 Å². The molecule has 0 fully saturated rings. The van der Waals surface area contributed by atoms with Gasteiger partial charge in [0.25, 0.3) is 5.56 Å². The number of hydrogen-bond donors (Lipinski definition) is 2. The van der Waals surface area contributed by atoms with Crippen LogP contribution in [0.25, 0.3) is 0 Å². The first-order valence-corrected chi connectivity index (χ1v) is 7.24. The average molecular weight is 306 g/mol. The van der Waals surface area contributed by atoms with E-state index in [2.05, 4.69) is 35.5 Å².